The van der Waals surface area contributed by atoms with Crippen molar-refractivity contribution < 1.29 is 18.6 Å². The number of methoxy groups -OCH3 is 1. The normalized spacial score (nSPS) is 14.2. The molecule has 5 heteroatoms. The van der Waals surface area contributed by atoms with E-state index in [0.29, 0.717) is 31.8 Å². The highest BCUT2D eigenvalue weighted by atomic mass is 19.1. The van der Waals surface area contributed by atoms with E-state index >= 15 is 0 Å². The van der Waals surface area contributed by atoms with Crippen molar-refractivity contribution >= 4 is 0 Å². The fourth-order valence-electron chi connectivity index (χ4n) is 2.05. The molecule has 1 N–H and O–H groups in total. The van der Waals surface area contributed by atoms with Gasteiger partial charge in [-0.25, -0.2) is 8.78 Å². The van der Waals surface area contributed by atoms with Gasteiger partial charge in [-0.2, -0.15) is 0 Å². The second-order valence-electron chi connectivity index (χ2n) is 5.35. The van der Waals surface area contributed by atoms with Crippen LogP contribution in [-0.4, -0.2) is 42.4 Å². The SMILES string of the molecule is C=CC(C)(O)CN(CCCOC)Cc1ccc(F)cc1F. The highest BCUT2D eigenvalue weighted by Crippen LogP contribution is 2.15. The average Bonchev–Trinajstić information content (AvgIpc) is 2.42. The van der Waals surface area contributed by atoms with Crippen LogP contribution in [-0.2, 0) is 11.3 Å². The lowest BCUT2D eigenvalue weighted by atomic mass is 10.1. The van der Waals surface area contributed by atoms with Crippen molar-refractivity contribution in [3.8, 4) is 0 Å². The minimum atomic E-state index is -1.07. The van der Waals surface area contributed by atoms with E-state index in [0.717, 1.165) is 12.5 Å². The molecule has 3 nitrogen and oxygen atoms in total. The maximum atomic E-state index is 13.7. The zero-order valence-corrected chi connectivity index (χ0v) is 12.6. The van der Waals surface area contributed by atoms with Gasteiger partial charge in [0.15, 0.2) is 0 Å². The third-order valence-corrected chi connectivity index (χ3v) is 3.22. The molecule has 0 aromatic heterocycles. The number of ether oxygens (including phenoxy) is 1. The van der Waals surface area contributed by atoms with Crippen LogP contribution in [0.25, 0.3) is 0 Å². The monoisotopic (exact) mass is 299 g/mol. The largest absolute Gasteiger partial charge is 0.385 e. The van der Waals surface area contributed by atoms with Crippen molar-refractivity contribution in [2.24, 2.45) is 0 Å². The van der Waals surface area contributed by atoms with Crippen LogP contribution in [0.4, 0.5) is 8.78 Å². The molecule has 21 heavy (non-hydrogen) atoms. The van der Waals surface area contributed by atoms with E-state index in [-0.39, 0.29) is 0 Å². The molecule has 0 radical (unpaired) electrons. The topological polar surface area (TPSA) is 32.7 Å². The van der Waals surface area contributed by atoms with Gasteiger partial charge in [-0.15, -0.1) is 6.58 Å². The molecule has 1 aromatic rings. The molecule has 0 saturated carbocycles. The van der Waals surface area contributed by atoms with Gasteiger partial charge in [-0.1, -0.05) is 12.1 Å². The lowest BCUT2D eigenvalue weighted by molar-refractivity contribution is 0.0541. The number of hydrogen-bond donors (Lipinski definition) is 1. The Kier molecular flexibility index (Phi) is 6.95. The second-order valence-corrected chi connectivity index (χ2v) is 5.35. The summed E-state index contributed by atoms with van der Waals surface area (Å²) >= 11 is 0. The lowest BCUT2D eigenvalue weighted by Gasteiger charge is -2.29. The molecule has 0 amide bonds. The van der Waals surface area contributed by atoms with E-state index in [1.54, 1.807) is 14.0 Å². The third-order valence-electron chi connectivity index (χ3n) is 3.22. The fraction of sp³-hybridized carbons (Fsp3) is 0.500. The van der Waals surface area contributed by atoms with Crippen molar-refractivity contribution in [3.63, 3.8) is 0 Å². The van der Waals surface area contributed by atoms with Gasteiger partial charge in [0.25, 0.3) is 0 Å². The quantitative estimate of drug-likeness (QED) is 0.562. The predicted octanol–water partition coefficient (Wildman–Crippen LogP) is 2.74. The van der Waals surface area contributed by atoms with Crippen molar-refractivity contribution in [2.45, 2.75) is 25.5 Å². The number of rotatable bonds is 9. The fourth-order valence-corrected chi connectivity index (χ4v) is 2.05. The molecule has 0 aliphatic heterocycles. The number of aliphatic hydroxyl groups is 1. The molecule has 0 fully saturated rings. The Morgan fingerprint density at radius 2 is 2.14 bits per heavy atom. The molecule has 1 atom stereocenters. The summed E-state index contributed by atoms with van der Waals surface area (Å²) in [5.41, 5.74) is -0.669. The maximum absolute atomic E-state index is 13.7. The highest BCUT2D eigenvalue weighted by Gasteiger charge is 2.21. The van der Waals surface area contributed by atoms with Crippen LogP contribution >= 0.6 is 0 Å². The van der Waals surface area contributed by atoms with Crippen LogP contribution in [0.5, 0.6) is 0 Å². The number of nitrogens with zero attached hydrogens (tertiary/aromatic N) is 1. The van der Waals surface area contributed by atoms with Crippen molar-refractivity contribution in [1.29, 1.82) is 0 Å². The molecular formula is C16H23F2NO2. The van der Waals surface area contributed by atoms with E-state index in [2.05, 4.69) is 6.58 Å². The van der Waals surface area contributed by atoms with Gasteiger partial charge >= 0.3 is 0 Å². The van der Waals surface area contributed by atoms with Crippen molar-refractivity contribution in [3.05, 3.63) is 48.1 Å². The van der Waals surface area contributed by atoms with Gasteiger partial charge in [-0.05, 0) is 19.4 Å². The Hall–Kier alpha value is -1.30. The molecule has 0 aliphatic carbocycles. The summed E-state index contributed by atoms with van der Waals surface area (Å²) in [4.78, 5) is 1.90. The predicted molar refractivity (Wildman–Crippen MR) is 78.9 cm³/mol. The first kappa shape index (κ1) is 17.8. The first-order valence-electron chi connectivity index (χ1n) is 6.89. The second kappa shape index (κ2) is 8.22. The van der Waals surface area contributed by atoms with Crippen molar-refractivity contribution in [2.75, 3.05) is 26.8 Å². The first-order valence-corrected chi connectivity index (χ1v) is 6.89. The zero-order chi connectivity index (χ0) is 15.9. The van der Waals surface area contributed by atoms with E-state index in [4.69, 9.17) is 4.74 Å². The summed E-state index contributed by atoms with van der Waals surface area (Å²) in [7, 11) is 1.61. The van der Waals surface area contributed by atoms with E-state index in [9.17, 15) is 13.9 Å². The minimum absolute atomic E-state index is 0.291. The summed E-state index contributed by atoms with van der Waals surface area (Å²) in [5.74, 6) is -1.18. The molecule has 0 aliphatic rings. The summed E-state index contributed by atoms with van der Waals surface area (Å²) in [6, 6.07) is 3.53. The van der Waals surface area contributed by atoms with Gasteiger partial charge in [0.05, 0.1) is 5.60 Å². The molecule has 1 rings (SSSR count). The first-order chi connectivity index (χ1) is 9.88. The van der Waals surface area contributed by atoms with Gasteiger partial charge < -0.3 is 9.84 Å². The third kappa shape index (κ3) is 6.33. The van der Waals surface area contributed by atoms with Gasteiger partial charge in [0.1, 0.15) is 11.6 Å². The molecule has 0 saturated heterocycles. The summed E-state index contributed by atoms with van der Waals surface area (Å²) in [6.07, 6.45) is 2.21. The van der Waals surface area contributed by atoms with E-state index in [1.807, 2.05) is 4.90 Å². The standard InChI is InChI=1S/C16H23F2NO2/c1-4-16(2,20)12-19(8-5-9-21-3)11-13-6-7-14(17)10-15(13)18/h4,6-7,10,20H,1,5,8-9,11-12H2,2-3H3. The van der Waals surface area contributed by atoms with Crippen LogP contribution < -0.4 is 0 Å². The molecule has 1 aromatic carbocycles. The van der Waals surface area contributed by atoms with Crippen LogP contribution in [0.2, 0.25) is 0 Å². The Morgan fingerprint density at radius 1 is 1.43 bits per heavy atom. The molecule has 118 valence electrons. The highest BCUT2D eigenvalue weighted by molar-refractivity contribution is 5.18. The van der Waals surface area contributed by atoms with Crippen LogP contribution in [0.1, 0.15) is 18.9 Å². The molecule has 1 unspecified atom stereocenters. The number of benzene rings is 1. The van der Waals surface area contributed by atoms with E-state index < -0.39 is 17.2 Å². The maximum Gasteiger partial charge on any atom is 0.130 e. The Morgan fingerprint density at radius 3 is 2.71 bits per heavy atom. The molecular weight excluding hydrogens is 276 g/mol. The average molecular weight is 299 g/mol. The van der Waals surface area contributed by atoms with Crippen LogP contribution in [0.3, 0.4) is 0 Å². The molecule has 0 spiro atoms. The minimum Gasteiger partial charge on any atom is -0.385 e. The van der Waals surface area contributed by atoms with Crippen LogP contribution in [0, 0.1) is 11.6 Å². The number of hydrogen-bond acceptors (Lipinski definition) is 3. The van der Waals surface area contributed by atoms with Gasteiger partial charge in [0, 0.05) is 45.0 Å². The van der Waals surface area contributed by atoms with Gasteiger partial charge in [-0.3, -0.25) is 4.90 Å². The summed E-state index contributed by atoms with van der Waals surface area (Å²) in [6.45, 7) is 7.06. The molecule has 0 bridgehead atoms. The van der Waals surface area contributed by atoms with Crippen molar-refractivity contribution in [1.82, 2.24) is 4.90 Å². The summed E-state index contributed by atoms with van der Waals surface area (Å²) in [5, 5.41) is 10.1. The number of halogens is 2. The summed E-state index contributed by atoms with van der Waals surface area (Å²) < 4.78 is 31.7. The Labute approximate surface area is 124 Å². The lowest BCUT2D eigenvalue weighted by Crippen LogP contribution is -2.40. The zero-order valence-electron chi connectivity index (χ0n) is 12.6. The van der Waals surface area contributed by atoms with Gasteiger partial charge in [0.2, 0.25) is 0 Å². The molecule has 0 heterocycles. The Balaban J connectivity index is 2.77. The van der Waals surface area contributed by atoms with Crippen LogP contribution in [0.15, 0.2) is 30.9 Å². The Bertz CT molecular complexity index is 464. The van der Waals surface area contributed by atoms with E-state index in [1.165, 1.54) is 18.2 Å². The smallest absolute Gasteiger partial charge is 0.130 e.